The summed E-state index contributed by atoms with van der Waals surface area (Å²) in [7, 11) is 0. The van der Waals surface area contributed by atoms with Gasteiger partial charge in [-0.1, -0.05) is 66.7 Å². The standard InChI is InChI=1S/C20H14O/c21-20-12-11-17(18-7-3-4-8-19(18)20)16-10-9-14-5-1-2-6-15(14)13-16/h1-13,21H. The highest BCUT2D eigenvalue weighted by Gasteiger charge is 2.07. The average Bonchev–Trinajstić information content (AvgIpc) is 2.55. The fourth-order valence-corrected chi connectivity index (χ4v) is 2.89. The van der Waals surface area contributed by atoms with Gasteiger partial charge in [0, 0.05) is 5.39 Å². The Hall–Kier alpha value is -2.80. The van der Waals surface area contributed by atoms with Crippen molar-refractivity contribution in [2.45, 2.75) is 0 Å². The third-order valence-electron chi connectivity index (χ3n) is 3.96. The molecule has 0 aliphatic rings. The molecule has 0 radical (unpaired) electrons. The Kier molecular flexibility index (Phi) is 2.65. The van der Waals surface area contributed by atoms with E-state index in [0.29, 0.717) is 5.75 Å². The van der Waals surface area contributed by atoms with Crippen molar-refractivity contribution in [2.75, 3.05) is 0 Å². The number of hydrogen-bond donors (Lipinski definition) is 1. The molecule has 4 aromatic rings. The van der Waals surface area contributed by atoms with Crippen LogP contribution in [0.15, 0.2) is 78.9 Å². The Morgan fingerprint density at radius 3 is 2.14 bits per heavy atom. The van der Waals surface area contributed by atoms with Gasteiger partial charge < -0.3 is 5.11 Å². The normalized spacial score (nSPS) is 11.0. The highest BCUT2D eigenvalue weighted by molar-refractivity contribution is 6.01. The summed E-state index contributed by atoms with van der Waals surface area (Å²) < 4.78 is 0. The van der Waals surface area contributed by atoms with Crippen molar-refractivity contribution in [3.05, 3.63) is 78.9 Å². The second-order valence-corrected chi connectivity index (χ2v) is 5.24. The third kappa shape index (κ3) is 1.95. The first-order valence-corrected chi connectivity index (χ1v) is 7.03. The van der Waals surface area contributed by atoms with E-state index in [1.54, 1.807) is 6.07 Å². The molecule has 1 nitrogen and oxygen atoms in total. The molecule has 0 atom stereocenters. The molecular weight excluding hydrogens is 256 g/mol. The second kappa shape index (κ2) is 4.64. The molecule has 100 valence electrons. The third-order valence-corrected chi connectivity index (χ3v) is 3.96. The summed E-state index contributed by atoms with van der Waals surface area (Å²) in [6, 6.07) is 26.6. The van der Waals surface area contributed by atoms with E-state index >= 15 is 0 Å². The summed E-state index contributed by atoms with van der Waals surface area (Å²) in [6.07, 6.45) is 0. The van der Waals surface area contributed by atoms with Crippen molar-refractivity contribution in [1.29, 1.82) is 0 Å². The van der Waals surface area contributed by atoms with E-state index in [1.165, 1.54) is 16.3 Å². The van der Waals surface area contributed by atoms with Crippen LogP contribution in [0.1, 0.15) is 0 Å². The van der Waals surface area contributed by atoms with Gasteiger partial charge in [-0.2, -0.15) is 0 Å². The number of rotatable bonds is 1. The molecule has 0 fully saturated rings. The van der Waals surface area contributed by atoms with Gasteiger partial charge in [-0.3, -0.25) is 0 Å². The molecule has 1 N–H and O–H groups in total. The summed E-state index contributed by atoms with van der Waals surface area (Å²) in [4.78, 5) is 0. The van der Waals surface area contributed by atoms with Gasteiger partial charge in [0.2, 0.25) is 0 Å². The van der Waals surface area contributed by atoms with E-state index in [2.05, 4.69) is 48.5 Å². The summed E-state index contributed by atoms with van der Waals surface area (Å²) in [5.74, 6) is 0.329. The SMILES string of the molecule is Oc1ccc(-c2ccc3ccccc3c2)c2ccccc12. The average molecular weight is 270 g/mol. The minimum Gasteiger partial charge on any atom is -0.507 e. The molecule has 21 heavy (non-hydrogen) atoms. The first kappa shape index (κ1) is 12.0. The molecule has 0 heterocycles. The van der Waals surface area contributed by atoms with E-state index in [0.717, 1.165) is 16.3 Å². The Morgan fingerprint density at radius 1 is 0.571 bits per heavy atom. The first-order valence-electron chi connectivity index (χ1n) is 7.03. The van der Waals surface area contributed by atoms with Crippen molar-refractivity contribution >= 4 is 21.5 Å². The van der Waals surface area contributed by atoms with Gasteiger partial charge in [0.25, 0.3) is 0 Å². The molecule has 0 aromatic heterocycles. The Morgan fingerprint density at radius 2 is 1.29 bits per heavy atom. The molecule has 0 saturated carbocycles. The molecule has 0 saturated heterocycles. The maximum Gasteiger partial charge on any atom is 0.123 e. The Labute approximate surface area is 123 Å². The van der Waals surface area contributed by atoms with Gasteiger partial charge in [0.1, 0.15) is 5.75 Å². The fraction of sp³-hybridized carbons (Fsp3) is 0. The zero-order valence-corrected chi connectivity index (χ0v) is 11.5. The molecule has 0 amide bonds. The van der Waals surface area contributed by atoms with Crippen molar-refractivity contribution in [2.24, 2.45) is 0 Å². The van der Waals surface area contributed by atoms with Crippen LogP contribution in [0.2, 0.25) is 0 Å². The molecule has 0 bridgehead atoms. The molecular formula is C20H14O. The maximum absolute atomic E-state index is 10.0. The van der Waals surface area contributed by atoms with Gasteiger partial charge in [-0.25, -0.2) is 0 Å². The minimum atomic E-state index is 0.329. The predicted molar refractivity (Wildman–Crippen MR) is 88.6 cm³/mol. The predicted octanol–water partition coefficient (Wildman–Crippen LogP) is 5.37. The zero-order chi connectivity index (χ0) is 14.2. The van der Waals surface area contributed by atoms with Crippen LogP contribution < -0.4 is 0 Å². The number of benzene rings is 4. The molecule has 0 aliphatic carbocycles. The smallest absolute Gasteiger partial charge is 0.123 e. The van der Waals surface area contributed by atoms with E-state index in [9.17, 15) is 5.11 Å². The van der Waals surface area contributed by atoms with Crippen LogP contribution in [0.5, 0.6) is 5.75 Å². The number of phenolic OH excluding ortho intramolecular Hbond substituents is 1. The Bertz CT molecular complexity index is 954. The molecule has 0 aliphatic heterocycles. The number of aromatic hydroxyl groups is 1. The topological polar surface area (TPSA) is 20.2 Å². The summed E-state index contributed by atoms with van der Waals surface area (Å²) in [5.41, 5.74) is 2.32. The van der Waals surface area contributed by atoms with Crippen LogP contribution in [0.4, 0.5) is 0 Å². The van der Waals surface area contributed by atoms with Crippen molar-refractivity contribution < 1.29 is 5.11 Å². The largest absolute Gasteiger partial charge is 0.507 e. The molecule has 0 spiro atoms. The van der Waals surface area contributed by atoms with Crippen LogP contribution in [-0.2, 0) is 0 Å². The monoisotopic (exact) mass is 270 g/mol. The quantitative estimate of drug-likeness (QED) is 0.493. The Balaban J connectivity index is 2.02. The lowest BCUT2D eigenvalue weighted by molar-refractivity contribution is 0.481. The summed E-state index contributed by atoms with van der Waals surface area (Å²) in [6.45, 7) is 0. The van der Waals surface area contributed by atoms with Gasteiger partial charge in [0.15, 0.2) is 0 Å². The fourth-order valence-electron chi connectivity index (χ4n) is 2.89. The first-order chi connectivity index (χ1) is 10.3. The van der Waals surface area contributed by atoms with Crippen LogP contribution in [0.25, 0.3) is 32.7 Å². The van der Waals surface area contributed by atoms with Crippen LogP contribution in [0, 0.1) is 0 Å². The molecule has 0 unspecified atom stereocenters. The lowest BCUT2D eigenvalue weighted by atomic mass is 9.96. The minimum absolute atomic E-state index is 0.329. The summed E-state index contributed by atoms with van der Waals surface area (Å²) in [5, 5.41) is 14.5. The second-order valence-electron chi connectivity index (χ2n) is 5.24. The highest BCUT2D eigenvalue weighted by Crippen LogP contribution is 2.34. The summed E-state index contributed by atoms with van der Waals surface area (Å²) >= 11 is 0. The number of hydrogen-bond acceptors (Lipinski definition) is 1. The van der Waals surface area contributed by atoms with E-state index < -0.39 is 0 Å². The molecule has 4 rings (SSSR count). The van der Waals surface area contributed by atoms with E-state index in [1.807, 2.05) is 24.3 Å². The van der Waals surface area contributed by atoms with Crippen LogP contribution in [0.3, 0.4) is 0 Å². The zero-order valence-electron chi connectivity index (χ0n) is 11.5. The number of fused-ring (bicyclic) bond motifs is 2. The lowest BCUT2D eigenvalue weighted by Gasteiger charge is -2.09. The van der Waals surface area contributed by atoms with Gasteiger partial charge >= 0.3 is 0 Å². The molecule has 1 heteroatoms. The van der Waals surface area contributed by atoms with Crippen LogP contribution in [-0.4, -0.2) is 5.11 Å². The number of phenols is 1. The van der Waals surface area contributed by atoms with Gasteiger partial charge in [-0.05, 0) is 39.4 Å². The van der Waals surface area contributed by atoms with Crippen LogP contribution >= 0.6 is 0 Å². The lowest BCUT2D eigenvalue weighted by Crippen LogP contribution is -1.83. The molecule has 4 aromatic carbocycles. The van der Waals surface area contributed by atoms with E-state index in [-0.39, 0.29) is 0 Å². The van der Waals surface area contributed by atoms with E-state index in [4.69, 9.17) is 0 Å². The highest BCUT2D eigenvalue weighted by atomic mass is 16.3. The van der Waals surface area contributed by atoms with Crippen molar-refractivity contribution in [1.82, 2.24) is 0 Å². The van der Waals surface area contributed by atoms with Crippen molar-refractivity contribution in [3.8, 4) is 16.9 Å². The van der Waals surface area contributed by atoms with Gasteiger partial charge in [0.05, 0.1) is 0 Å². The maximum atomic E-state index is 10.0. The van der Waals surface area contributed by atoms with Crippen molar-refractivity contribution in [3.63, 3.8) is 0 Å². The van der Waals surface area contributed by atoms with Gasteiger partial charge in [-0.15, -0.1) is 0 Å².